The Morgan fingerprint density at radius 2 is 1.92 bits per heavy atom. The van der Waals surface area contributed by atoms with Gasteiger partial charge in [-0.25, -0.2) is 4.79 Å². The molecule has 24 heavy (non-hydrogen) atoms. The maximum atomic E-state index is 12.5. The van der Waals surface area contributed by atoms with Crippen molar-refractivity contribution in [3.63, 3.8) is 0 Å². The molecule has 136 valence electrons. The third-order valence-corrected chi connectivity index (χ3v) is 3.44. The minimum atomic E-state index is -0.513. The number of carbonyl (C=O) groups is 1. The van der Waals surface area contributed by atoms with E-state index in [1.807, 2.05) is 45.0 Å². The largest absolute Gasteiger partial charge is 0.444 e. The van der Waals surface area contributed by atoms with E-state index in [-0.39, 0.29) is 12.7 Å². The van der Waals surface area contributed by atoms with Crippen molar-refractivity contribution in [2.45, 2.75) is 52.2 Å². The van der Waals surface area contributed by atoms with E-state index in [1.54, 1.807) is 12.0 Å². The standard InChI is InChI=1S/C19H31NO4/c1-19(2,3)24-18(22)20(11-5-6-13-23-4)15-17-9-7-8-16(14-17)10-12-21/h7-9,14,21H,5-6,10-13,15H2,1-4H3. The van der Waals surface area contributed by atoms with Crippen molar-refractivity contribution in [1.29, 1.82) is 0 Å². The van der Waals surface area contributed by atoms with E-state index in [1.165, 1.54) is 0 Å². The van der Waals surface area contributed by atoms with Crippen LogP contribution in [0.4, 0.5) is 4.79 Å². The number of nitrogens with zero attached hydrogens (tertiary/aromatic N) is 1. The lowest BCUT2D eigenvalue weighted by Crippen LogP contribution is -2.37. The molecule has 0 spiro atoms. The number of aliphatic hydroxyl groups excluding tert-OH is 1. The summed E-state index contributed by atoms with van der Waals surface area (Å²) in [7, 11) is 1.68. The summed E-state index contributed by atoms with van der Waals surface area (Å²) in [5, 5.41) is 9.08. The molecule has 1 N–H and O–H groups in total. The fourth-order valence-corrected chi connectivity index (χ4v) is 2.34. The Morgan fingerprint density at radius 3 is 2.54 bits per heavy atom. The SMILES string of the molecule is COCCCCN(Cc1cccc(CCO)c1)C(=O)OC(C)(C)C. The van der Waals surface area contributed by atoms with E-state index in [9.17, 15) is 4.79 Å². The van der Waals surface area contributed by atoms with Crippen LogP contribution in [0.1, 0.15) is 44.7 Å². The fourth-order valence-electron chi connectivity index (χ4n) is 2.34. The van der Waals surface area contributed by atoms with Gasteiger partial charge in [0, 0.05) is 33.4 Å². The van der Waals surface area contributed by atoms with Gasteiger partial charge in [-0.05, 0) is 51.2 Å². The molecule has 5 heteroatoms. The molecule has 0 aliphatic rings. The number of amides is 1. The smallest absolute Gasteiger partial charge is 0.410 e. The summed E-state index contributed by atoms with van der Waals surface area (Å²) in [5.74, 6) is 0. The van der Waals surface area contributed by atoms with Crippen LogP contribution in [0.5, 0.6) is 0 Å². The highest BCUT2D eigenvalue weighted by molar-refractivity contribution is 5.68. The molecule has 0 fully saturated rings. The molecule has 0 bridgehead atoms. The quantitative estimate of drug-likeness (QED) is 0.702. The Bertz CT molecular complexity index is 496. The van der Waals surface area contributed by atoms with Gasteiger partial charge in [0.2, 0.25) is 0 Å². The lowest BCUT2D eigenvalue weighted by Gasteiger charge is -2.27. The maximum absolute atomic E-state index is 12.5. The molecular weight excluding hydrogens is 306 g/mol. The fraction of sp³-hybridized carbons (Fsp3) is 0.632. The van der Waals surface area contributed by atoms with Crippen LogP contribution in [0.15, 0.2) is 24.3 Å². The maximum Gasteiger partial charge on any atom is 0.410 e. The minimum Gasteiger partial charge on any atom is -0.444 e. The van der Waals surface area contributed by atoms with Gasteiger partial charge in [-0.2, -0.15) is 0 Å². The van der Waals surface area contributed by atoms with Gasteiger partial charge in [-0.1, -0.05) is 24.3 Å². The molecule has 0 aromatic heterocycles. The zero-order chi connectivity index (χ0) is 18.0. The molecule has 0 atom stereocenters. The topological polar surface area (TPSA) is 59.0 Å². The second-order valence-corrected chi connectivity index (χ2v) is 6.90. The third kappa shape index (κ3) is 8.31. The molecule has 0 radical (unpaired) electrons. The van der Waals surface area contributed by atoms with Crippen LogP contribution in [-0.4, -0.2) is 48.6 Å². The molecule has 1 amide bonds. The molecule has 0 aliphatic heterocycles. The van der Waals surface area contributed by atoms with Gasteiger partial charge in [-0.15, -0.1) is 0 Å². The first kappa shape index (κ1) is 20.5. The van der Waals surface area contributed by atoms with E-state index in [2.05, 4.69) is 0 Å². The number of aliphatic hydroxyl groups is 1. The summed E-state index contributed by atoms with van der Waals surface area (Å²) in [4.78, 5) is 14.2. The Morgan fingerprint density at radius 1 is 1.21 bits per heavy atom. The number of carbonyl (C=O) groups excluding carboxylic acids is 1. The number of hydrogen-bond acceptors (Lipinski definition) is 4. The Kier molecular flexibility index (Phi) is 8.79. The molecule has 1 aromatic rings. The molecular formula is C19H31NO4. The van der Waals surface area contributed by atoms with Gasteiger partial charge in [0.15, 0.2) is 0 Å². The van der Waals surface area contributed by atoms with E-state index >= 15 is 0 Å². The van der Waals surface area contributed by atoms with Crippen molar-refractivity contribution >= 4 is 6.09 Å². The second-order valence-electron chi connectivity index (χ2n) is 6.90. The highest BCUT2D eigenvalue weighted by atomic mass is 16.6. The zero-order valence-electron chi connectivity index (χ0n) is 15.4. The number of ether oxygens (including phenoxy) is 2. The van der Waals surface area contributed by atoms with E-state index < -0.39 is 5.60 Å². The lowest BCUT2D eigenvalue weighted by molar-refractivity contribution is 0.0226. The average molecular weight is 337 g/mol. The first-order chi connectivity index (χ1) is 11.4. The van der Waals surface area contributed by atoms with Gasteiger partial charge < -0.3 is 19.5 Å². The molecule has 0 aliphatic carbocycles. The summed E-state index contributed by atoms with van der Waals surface area (Å²) in [5.41, 5.74) is 1.60. The Labute approximate surface area is 145 Å². The summed E-state index contributed by atoms with van der Waals surface area (Å²) in [6.07, 6.45) is 2.09. The molecule has 0 unspecified atom stereocenters. The second kappa shape index (κ2) is 10.3. The minimum absolute atomic E-state index is 0.121. The normalized spacial score (nSPS) is 11.4. The van der Waals surface area contributed by atoms with Gasteiger partial charge >= 0.3 is 6.09 Å². The highest BCUT2D eigenvalue weighted by Gasteiger charge is 2.22. The molecule has 1 aromatic carbocycles. The van der Waals surface area contributed by atoms with E-state index in [4.69, 9.17) is 14.6 Å². The lowest BCUT2D eigenvalue weighted by atomic mass is 10.1. The van der Waals surface area contributed by atoms with Crippen LogP contribution in [0.3, 0.4) is 0 Å². The van der Waals surface area contributed by atoms with Crippen molar-refractivity contribution < 1.29 is 19.4 Å². The first-order valence-corrected chi connectivity index (χ1v) is 8.51. The Balaban J connectivity index is 2.75. The van der Waals surface area contributed by atoms with Crippen LogP contribution >= 0.6 is 0 Å². The average Bonchev–Trinajstić information content (AvgIpc) is 2.49. The van der Waals surface area contributed by atoms with Crippen molar-refractivity contribution in [1.82, 2.24) is 4.90 Å². The predicted molar refractivity (Wildman–Crippen MR) is 95.0 cm³/mol. The van der Waals surface area contributed by atoms with Crippen molar-refractivity contribution in [2.24, 2.45) is 0 Å². The number of unbranched alkanes of at least 4 members (excludes halogenated alkanes) is 1. The first-order valence-electron chi connectivity index (χ1n) is 8.51. The van der Waals surface area contributed by atoms with Crippen LogP contribution < -0.4 is 0 Å². The van der Waals surface area contributed by atoms with Crippen molar-refractivity contribution in [2.75, 3.05) is 26.9 Å². The van der Waals surface area contributed by atoms with Gasteiger partial charge in [0.05, 0.1) is 0 Å². The monoisotopic (exact) mass is 337 g/mol. The Hall–Kier alpha value is -1.59. The van der Waals surface area contributed by atoms with E-state index in [0.717, 1.165) is 24.0 Å². The molecule has 0 heterocycles. The van der Waals surface area contributed by atoms with Crippen LogP contribution in [0, 0.1) is 0 Å². The molecule has 0 saturated carbocycles. The van der Waals surface area contributed by atoms with Crippen molar-refractivity contribution in [3.8, 4) is 0 Å². The summed E-state index contributed by atoms with van der Waals surface area (Å²) < 4.78 is 10.6. The summed E-state index contributed by atoms with van der Waals surface area (Å²) in [6, 6.07) is 7.96. The molecule has 5 nitrogen and oxygen atoms in total. The van der Waals surface area contributed by atoms with Gasteiger partial charge in [0.1, 0.15) is 5.60 Å². The summed E-state index contributed by atoms with van der Waals surface area (Å²) in [6.45, 7) is 7.55. The number of methoxy groups -OCH3 is 1. The number of hydrogen-bond donors (Lipinski definition) is 1. The highest BCUT2D eigenvalue weighted by Crippen LogP contribution is 2.15. The van der Waals surface area contributed by atoms with Crippen LogP contribution in [-0.2, 0) is 22.4 Å². The number of rotatable bonds is 9. The van der Waals surface area contributed by atoms with Crippen LogP contribution in [0.2, 0.25) is 0 Å². The van der Waals surface area contributed by atoms with Gasteiger partial charge in [-0.3, -0.25) is 0 Å². The van der Waals surface area contributed by atoms with E-state index in [0.29, 0.717) is 26.1 Å². The predicted octanol–water partition coefficient (Wildman–Crippen LogP) is 3.39. The molecule has 0 saturated heterocycles. The van der Waals surface area contributed by atoms with Crippen LogP contribution in [0.25, 0.3) is 0 Å². The summed E-state index contributed by atoms with van der Waals surface area (Å²) >= 11 is 0. The third-order valence-electron chi connectivity index (χ3n) is 3.44. The van der Waals surface area contributed by atoms with Gasteiger partial charge in [0.25, 0.3) is 0 Å². The number of benzene rings is 1. The van der Waals surface area contributed by atoms with Crippen molar-refractivity contribution in [3.05, 3.63) is 35.4 Å². The molecule has 1 rings (SSSR count). The zero-order valence-corrected chi connectivity index (χ0v) is 15.4.